The Morgan fingerprint density at radius 2 is 1.95 bits per heavy atom. The summed E-state index contributed by atoms with van der Waals surface area (Å²) in [6.45, 7) is 0. The number of aromatic nitrogens is 3. The van der Waals surface area contributed by atoms with Gasteiger partial charge in [0.2, 0.25) is 5.16 Å². The van der Waals surface area contributed by atoms with E-state index in [2.05, 4.69) is 10.1 Å². The van der Waals surface area contributed by atoms with E-state index in [0.717, 1.165) is 4.90 Å². The van der Waals surface area contributed by atoms with E-state index in [1.54, 1.807) is 16.9 Å². The smallest absolute Gasteiger partial charge is 0.266 e. The standard InChI is InChI=1S/C13H9N3OS3/c17-12(11-7-4-8-18-11)16-9-14-13(15-16)20-19-10-5-2-1-3-6-10/h1-9H. The Morgan fingerprint density at radius 3 is 2.70 bits per heavy atom. The van der Waals surface area contributed by atoms with Crippen molar-refractivity contribution in [2.75, 3.05) is 0 Å². The molecule has 0 saturated heterocycles. The molecule has 2 heterocycles. The highest BCUT2D eigenvalue weighted by Gasteiger charge is 2.12. The third-order valence-electron chi connectivity index (χ3n) is 2.37. The van der Waals surface area contributed by atoms with E-state index in [9.17, 15) is 4.79 Å². The molecule has 0 N–H and O–H groups in total. The van der Waals surface area contributed by atoms with Gasteiger partial charge >= 0.3 is 0 Å². The molecule has 0 unspecified atom stereocenters. The van der Waals surface area contributed by atoms with Gasteiger partial charge in [0, 0.05) is 4.90 Å². The lowest BCUT2D eigenvalue weighted by Gasteiger charge is -1.96. The molecule has 0 radical (unpaired) electrons. The first-order valence-electron chi connectivity index (χ1n) is 5.72. The van der Waals surface area contributed by atoms with Crippen LogP contribution in [0.2, 0.25) is 0 Å². The molecule has 0 aliphatic heterocycles. The van der Waals surface area contributed by atoms with E-state index in [0.29, 0.717) is 10.0 Å². The summed E-state index contributed by atoms with van der Waals surface area (Å²) in [5.74, 6) is -0.149. The fourth-order valence-corrected chi connectivity index (χ4v) is 3.84. The molecule has 0 amide bonds. The summed E-state index contributed by atoms with van der Waals surface area (Å²) in [7, 11) is 3.00. The Labute approximate surface area is 127 Å². The van der Waals surface area contributed by atoms with Crippen LogP contribution in [-0.4, -0.2) is 20.7 Å². The molecule has 0 saturated carbocycles. The van der Waals surface area contributed by atoms with Gasteiger partial charge in [-0.1, -0.05) is 24.3 Å². The maximum Gasteiger partial charge on any atom is 0.289 e. The Bertz CT molecular complexity index is 695. The molecule has 2 aromatic heterocycles. The number of hydrogen-bond donors (Lipinski definition) is 0. The van der Waals surface area contributed by atoms with Crippen molar-refractivity contribution in [2.45, 2.75) is 10.1 Å². The second-order valence-corrected chi connectivity index (χ2v) is 6.85. The first kappa shape index (κ1) is 13.4. The van der Waals surface area contributed by atoms with Crippen LogP contribution in [0.5, 0.6) is 0 Å². The Balaban J connectivity index is 1.67. The van der Waals surface area contributed by atoms with Crippen molar-refractivity contribution in [3.63, 3.8) is 0 Å². The minimum atomic E-state index is -0.149. The molecule has 20 heavy (non-hydrogen) atoms. The van der Waals surface area contributed by atoms with Crippen LogP contribution in [0.4, 0.5) is 0 Å². The zero-order valence-electron chi connectivity index (χ0n) is 10.2. The summed E-state index contributed by atoms with van der Waals surface area (Å²) in [6, 6.07) is 13.6. The number of rotatable bonds is 4. The minimum absolute atomic E-state index is 0.149. The average molecular weight is 319 g/mol. The van der Waals surface area contributed by atoms with E-state index < -0.39 is 0 Å². The van der Waals surface area contributed by atoms with Crippen LogP contribution in [0.25, 0.3) is 0 Å². The van der Waals surface area contributed by atoms with Gasteiger partial charge in [-0.05, 0) is 45.2 Å². The number of benzene rings is 1. The van der Waals surface area contributed by atoms with Crippen molar-refractivity contribution < 1.29 is 4.79 Å². The normalized spacial score (nSPS) is 10.6. The Hall–Kier alpha value is -1.57. The lowest BCUT2D eigenvalue weighted by atomic mass is 10.4. The zero-order chi connectivity index (χ0) is 13.8. The largest absolute Gasteiger partial charge is 0.289 e. The summed E-state index contributed by atoms with van der Waals surface area (Å²) < 4.78 is 1.28. The van der Waals surface area contributed by atoms with Gasteiger partial charge in [0.1, 0.15) is 6.33 Å². The minimum Gasteiger partial charge on any atom is -0.266 e. The number of nitrogens with zero attached hydrogens (tertiary/aromatic N) is 3. The molecule has 7 heteroatoms. The molecule has 0 aliphatic rings. The van der Waals surface area contributed by atoms with Gasteiger partial charge in [-0.3, -0.25) is 4.79 Å². The van der Waals surface area contributed by atoms with E-state index in [1.807, 2.05) is 41.8 Å². The number of carbonyl (C=O) groups excluding carboxylic acids is 1. The summed E-state index contributed by atoms with van der Waals surface area (Å²) in [4.78, 5) is 18.0. The Kier molecular flexibility index (Phi) is 4.19. The van der Waals surface area contributed by atoms with Crippen molar-refractivity contribution in [2.24, 2.45) is 0 Å². The third kappa shape index (κ3) is 3.12. The molecule has 0 bridgehead atoms. The van der Waals surface area contributed by atoms with Crippen molar-refractivity contribution in [1.29, 1.82) is 0 Å². The molecular formula is C13H9N3OS3. The predicted molar refractivity (Wildman–Crippen MR) is 82.2 cm³/mol. The molecule has 3 aromatic rings. The van der Waals surface area contributed by atoms with E-state index in [4.69, 9.17) is 0 Å². The highest BCUT2D eigenvalue weighted by Crippen LogP contribution is 2.34. The quantitative estimate of drug-likeness (QED) is 0.684. The van der Waals surface area contributed by atoms with Gasteiger partial charge in [-0.15, -0.1) is 16.4 Å². The highest BCUT2D eigenvalue weighted by atomic mass is 33.1. The van der Waals surface area contributed by atoms with E-state index >= 15 is 0 Å². The van der Waals surface area contributed by atoms with Gasteiger partial charge in [0.05, 0.1) is 4.88 Å². The van der Waals surface area contributed by atoms with E-state index in [1.165, 1.54) is 33.1 Å². The van der Waals surface area contributed by atoms with Crippen LogP contribution in [0.3, 0.4) is 0 Å². The fourth-order valence-electron chi connectivity index (χ4n) is 1.46. The van der Waals surface area contributed by atoms with Gasteiger partial charge in [-0.25, -0.2) is 4.98 Å². The van der Waals surface area contributed by atoms with Gasteiger partial charge in [0.15, 0.2) is 0 Å². The van der Waals surface area contributed by atoms with Crippen LogP contribution in [0.15, 0.2) is 64.2 Å². The average Bonchev–Trinajstić information content (AvgIpc) is 3.17. The molecule has 0 spiro atoms. The van der Waals surface area contributed by atoms with Crippen LogP contribution in [-0.2, 0) is 0 Å². The second-order valence-electron chi connectivity index (χ2n) is 3.73. The lowest BCUT2D eigenvalue weighted by Crippen LogP contribution is -2.10. The second kappa shape index (κ2) is 6.25. The third-order valence-corrected chi connectivity index (χ3v) is 5.38. The summed E-state index contributed by atoms with van der Waals surface area (Å²) in [5.41, 5.74) is 0. The van der Waals surface area contributed by atoms with E-state index in [-0.39, 0.29) is 5.91 Å². The van der Waals surface area contributed by atoms with Crippen LogP contribution < -0.4 is 0 Å². The van der Waals surface area contributed by atoms with Crippen molar-refractivity contribution >= 4 is 38.8 Å². The van der Waals surface area contributed by atoms with Crippen molar-refractivity contribution in [1.82, 2.24) is 14.8 Å². The van der Waals surface area contributed by atoms with Gasteiger partial charge in [0.25, 0.3) is 5.91 Å². The Morgan fingerprint density at radius 1 is 1.10 bits per heavy atom. The number of carbonyl (C=O) groups is 1. The number of hydrogen-bond acceptors (Lipinski definition) is 6. The molecule has 0 aliphatic carbocycles. The lowest BCUT2D eigenvalue weighted by molar-refractivity contribution is 0.0947. The molecular weight excluding hydrogens is 310 g/mol. The first-order valence-corrected chi connectivity index (χ1v) is 8.75. The van der Waals surface area contributed by atoms with Crippen LogP contribution >= 0.6 is 32.9 Å². The zero-order valence-corrected chi connectivity index (χ0v) is 12.6. The van der Waals surface area contributed by atoms with Gasteiger partial charge in [-0.2, -0.15) is 4.68 Å². The van der Waals surface area contributed by atoms with Crippen molar-refractivity contribution in [3.8, 4) is 0 Å². The maximum absolute atomic E-state index is 12.0. The van der Waals surface area contributed by atoms with Crippen LogP contribution in [0, 0.1) is 0 Å². The molecule has 100 valence electrons. The number of thiophene rings is 1. The summed E-state index contributed by atoms with van der Waals surface area (Å²) in [5, 5.41) is 6.63. The van der Waals surface area contributed by atoms with Crippen molar-refractivity contribution in [3.05, 3.63) is 59.0 Å². The summed E-state index contributed by atoms with van der Waals surface area (Å²) in [6.07, 6.45) is 1.45. The molecule has 0 atom stereocenters. The monoisotopic (exact) mass is 319 g/mol. The maximum atomic E-state index is 12.0. The highest BCUT2D eigenvalue weighted by molar-refractivity contribution is 8.76. The first-order chi connectivity index (χ1) is 9.83. The fraction of sp³-hybridized carbons (Fsp3) is 0. The molecule has 1 aromatic carbocycles. The van der Waals surface area contributed by atoms with Gasteiger partial charge < -0.3 is 0 Å². The van der Waals surface area contributed by atoms with Crippen LogP contribution in [0.1, 0.15) is 9.67 Å². The predicted octanol–water partition coefficient (Wildman–Crippen LogP) is 3.83. The summed E-state index contributed by atoms with van der Waals surface area (Å²) >= 11 is 1.40. The topological polar surface area (TPSA) is 47.8 Å². The molecule has 0 fully saturated rings. The molecule has 4 nitrogen and oxygen atoms in total. The SMILES string of the molecule is O=C(c1cccs1)n1cnc(SSc2ccccc2)n1. The molecule has 3 rings (SSSR count).